The summed E-state index contributed by atoms with van der Waals surface area (Å²) in [6.07, 6.45) is 1.03. The topological polar surface area (TPSA) is 44.6 Å². The lowest BCUT2D eigenvalue weighted by molar-refractivity contribution is -0.131. The van der Waals surface area contributed by atoms with Gasteiger partial charge in [0.2, 0.25) is 5.91 Å². The maximum Gasteiger partial charge on any atom is 0.227 e. The summed E-state index contributed by atoms with van der Waals surface area (Å²) in [4.78, 5) is 19.9. The minimum Gasteiger partial charge on any atom is -0.354 e. The maximum atomic E-state index is 14.1. The first-order valence-electron chi connectivity index (χ1n) is 12.7. The van der Waals surface area contributed by atoms with Crippen molar-refractivity contribution in [3.63, 3.8) is 0 Å². The number of amides is 1. The zero-order valence-corrected chi connectivity index (χ0v) is 21.4. The fourth-order valence-electron chi connectivity index (χ4n) is 4.76. The first-order valence-corrected chi connectivity index (χ1v) is 12.7. The molecule has 0 radical (unpaired) electrons. The minimum absolute atomic E-state index is 0.0110. The Labute approximate surface area is 212 Å². The highest BCUT2D eigenvalue weighted by Gasteiger charge is 2.27. The molecule has 1 fully saturated rings. The van der Waals surface area contributed by atoms with Crippen molar-refractivity contribution in [2.45, 2.75) is 40.2 Å². The van der Waals surface area contributed by atoms with Crippen molar-refractivity contribution in [1.82, 2.24) is 19.6 Å². The number of hydrogen-bond acceptors (Lipinski definition) is 4. The van der Waals surface area contributed by atoms with E-state index in [-0.39, 0.29) is 24.0 Å². The number of carbonyl (C=O) groups is 1. The fraction of sp³-hybridized carbons (Fsp3) is 0.429. The van der Waals surface area contributed by atoms with E-state index in [1.165, 1.54) is 24.3 Å². The molecule has 3 aromatic rings. The molecule has 0 atom stereocenters. The van der Waals surface area contributed by atoms with Crippen molar-refractivity contribution in [1.29, 1.82) is 0 Å². The maximum absolute atomic E-state index is 14.1. The highest BCUT2D eigenvalue weighted by atomic mass is 19.1. The van der Waals surface area contributed by atoms with Crippen LogP contribution >= 0.6 is 0 Å². The predicted octanol–water partition coefficient (Wildman–Crippen LogP) is 4.58. The van der Waals surface area contributed by atoms with Gasteiger partial charge in [-0.25, -0.2) is 13.5 Å². The number of hydrogen-bond donors (Lipinski definition) is 0. The van der Waals surface area contributed by atoms with Crippen LogP contribution in [0.25, 0.3) is 5.69 Å². The van der Waals surface area contributed by atoms with Crippen LogP contribution in [0, 0.1) is 18.6 Å². The number of benzene rings is 2. The second-order valence-electron chi connectivity index (χ2n) is 9.32. The second kappa shape index (κ2) is 11.6. The normalized spacial score (nSPS) is 14.3. The number of likely N-dealkylation sites (N-methyl/N-ethyl adjacent to an activating group) is 1. The van der Waals surface area contributed by atoms with Gasteiger partial charge in [-0.3, -0.25) is 4.79 Å². The van der Waals surface area contributed by atoms with Crippen molar-refractivity contribution in [2.75, 3.05) is 44.2 Å². The van der Waals surface area contributed by atoms with Gasteiger partial charge in [0.1, 0.15) is 17.5 Å². The van der Waals surface area contributed by atoms with Crippen molar-refractivity contribution in [2.24, 2.45) is 0 Å². The third-order valence-electron chi connectivity index (χ3n) is 6.79. The number of nitrogens with zero attached hydrogens (tertiary/aromatic N) is 5. The van der Waals surface area contributed by atoms with Crippen molar-refractivity contribution >= 4 is 11.7 Å². The van der Waals surface area contributed by atoms with Gasteiger partial charge in [0, 0.05) is 38.3 Å². The molecule has 1 aromatic heterocycles. The van der Waals surface area contributed by atoms with Gasteiger partial charge in [-0.05, 0) is 55.8 Å². The summed E-state index contributed by atoms with van der Waals surface area (Å²) >= 11 is 0. The van der Waals surface area contributed by atoms with Gasteiger partial charge < -0.3 is 14.7 Å². The molecule has 1 amide bonds. The zero-order valence-electron chi connectivity index (χ0n) is 21.4. The SMILES string of the molecule is CCCN(Cc1c(C)nn(-c2cccc(F)c2)c1N1CCN(CC)CC1)C(=O)Cc1ccc(F)cc1. The molecule has 2 aromatic carbocycles. The van der Waals surface area contributed by atoms with Crippen LogP contribution in [0.1, 0.15) is 37.1 Å². The van der Waals surface area contributed by atoms with Crippen LogP contribution in [0.2, 0.25) is 0 Å². The molecule has 8 heteroatoms. The Hall–Kier alpha value is -3.26. The first-order chi connectivity index (χ1) is 17.4. The molecule has 192 valence electrons. The molecule has 36 heavy (non-hydrogen) atoms. The number of aromatic nitrogens is 2. The van der Waals surface area contributed by atoms with Crippen LogP contribution in [0.4, 0.5) is 14.6 Å². The molecular formula is C28H35F2N5O. The minimum atomic E-state index is -0.315. The van der Waals surface area contributed by atoms with Crippen molar-refractivity contribution in [3.05, 3.63) is 77.0 Å². The number of piperazine rings is 1. The standard InChI is InChI=1S/C28H35F2N5O/c1-4-13-34(27(36)18-22-9-11-23(29)12-10-22)20-26-21(3)31-35(25-8-6-7-24(30)19-25)28(26)33-16-14-32(5-2)15-17-33/h6-12,19H,4-5,13-18,20H2,1-3H3. The van der Waals surface area contributed by atoms with Crippen LogP contribution in [0.5, 0.6) is 0 Å². The number of halogens is 2. The Morgan fingerprint density at radius 1 is 1.00 bits per heavy atom. The smallest absolute Gasteiger partial charge is 0.227 e. The van der Waals surface area contributed by atoms with E-state index in [0.717, 1.165) is 61.8 Å². The lowest BCUT2D eigenvalue weighted by Gasteiger charge is -2.36. The lowest BCUT2D eigenvalue weighted by atomic mass is 10.1. The Kier molecular flexibility index (Phi) is 8.36. The van der Waals surface area contributed by atoms with Crippen molar-refractivity contribution < 1.29 is 13.6 Å². The molecule has 4 rings (SSSR count). The molecular weight excluding hydrogens is 460 g/mol. The Morgan fingerprint density at radius 2 is 1.72 bits per heavy atom. The molecule has 1 saturated heterocycles. The zero-order chi connectivity index (χ0) is 25.7. The van der Waals surface area contributed by atoms with Gasteiger partial charge in [0.15, 0.2) is 0 Å². The van der Waals surface area contributed by atoms with Gasteiger partial charge in [-0.1, -0.05) is 32.0 Å². The molecule has 0 unspecified atom stereocenters. The average molecular weight is 496 g/mol. The molecule has 0 spiro atoms. The van der Waals surface area contributed by atoms with E-state index in [9.17, 15) is 13.6 Å². The quantitative estimate of drug-likeness (QED) is 0.436. The highest BCUT2D eigenvalue weighted by Crippen LogP contribution is 2.30. The number of anilines is 1. The summed E-state index contributed by atoms with van der Waals surface area (Å²) in [5, 5.41) is 4.82. The van der Waals surface area contributed by atoms with Crippen LogP contribution < -0.4 is 4.90 Å². The molecule has 0 saturated carbocycles. The number of carbonyl (C=O) groups excluding carboxylic acids is 1. The molecule has 2 heterocycles. The van der Waals surface area contributed by atoms with E-state index in [1.807, 2.05) is 29.5 Å². The van der Waals surface area contributed by atoms with E-state index < -0.39 is 0 Å². The molecule has 1 aliphatic heterocycles. The van der Waals surface area contributed by atoms with Gasteiger partial charge in [-0.2, -0.15) is 5.10 Å². The summed E-state index contributed by atoms with van der Waals surface area (Å²) in [5.74, 6) is 0.281. The van der Waals surface area contributed by atoms with E-state index in [1.54, 1.807) is 18.2 Å². The summed E-state index contributed by atoms with van der Waals surface area (Å²) in [6.45, 7) is 11.7. The second-order valence-corrected chi connectivity index (χ2v) is 9.32. The Bertz CT molecular complexity index is 1170. The van der Waals surface area contributed by atoms with Gasteiger partial charge in [-0.15, -0.1) is 0 Å². The molecule has 0 bridgehead atoms. The van der Waals surface area contributed by atoms with Gasteiger partial charge in [0.05, 0.1) is 24.3 Å². The number of aryl methyl sites for hydroxylation is 1. The highest BCUT2D eigenvalue weighted by molar-refractivity contribution is 5.79. The first kappa shape index (κ1) is 25.8. The van der Waals surface area contributed by atoms with E-state index in [0.29, 0.717) is 18.8 Å². The Morgan fingerprint density at radius 3 is 2.36 bits per heavy atom. The fourth-order valence-corrected chi connectivity index (χ4v) is 4.76. The number of rotatable bonds is 9. The summed E-state index contributed by atoms with van der Waals surface area (Å²) in [5.41, 5.74) is 3.25. The third kappa shape index (κ3) is 5.93. The van der Waals surface area contributed by atoms with E-state index in [4.69, 9.17) is 5.10 Å². The summed E-state index contributed by atoms with van der Waals surface area (Å²) in [7, 11) is 0. The summed E-state index contributed by atoms with van der Waals surface area (Å²) in [6, 6.07) is 12.5. The molecule has 1 aliphatic rings. The predicted molar refractivity (Wildman–Crippen MR) is 138 cm³/mol. The monoisotopic (exact) mass is 495 g/mol. The van der Waals surface area contributed by atoms with Gasteiger partial charge in [0.25, 0.3) is 0 Å². The van der Waals surface area contributed by atoms with E-state index in [2.05, 4.69) is 16.7 Å². The van der Waals surface area contributed by atoms with Crippen LogP contribution in [0.3, 0.4) is 0 Å². The van der Waals surface area contributed by atoms with Crippen LogP contribution in [-0.2, 0) is 17.8 Å². The van der Waals surface area contributed by atoms with Crippen LogP contribution in [-0.4, -0.2) is 64.8 Å². The molecule has 0 N–H and O–H groups in total. The summed E-state index contributed by atoms with van der Waals surface area (Å²) < 4.78 is 29.3. The Balaban J connectivity index is 1.67. The molecule has 6 nitrogen and oxygen atoms in total. The average Bonchev–Trinajstić information content (AvgIpc) is 3.21. The molecule has 0 aliphatic carbocycles. The van der Waals surface area contributed by atoms with E-state index >= 15 is 0 Å². The van der Waals surface area contributed by atoms with Crippen molar-refractivity contribution in [3.8, 4) is 5.69 Å². The third-order valence-corrected chi connectivity index (χ3v) is 6.79. The largest absolute Gasteiger partial charge is 0.354 e. The van der Waals surface area contributed by atoms with Gasteiger partial charge >= 0.3 is 0 Å². The lowest BCUT2D eigenvalue weighted by Crippen LogP contribution is -2.47. The van der Waals surface area contributed by atoms with Crippen LogP contribution in [0.15, 0.2) is 48.5 Å².